The second-order valence-corrected chi connectivity index (χ2v) is 8.52. The zero-order chi connectivity index (χ0) is 22.8. The molecular formula is C18H22N8O2S4. The Morgan fingerprint density at radius 3 is 1.53 bits per heavy atom. The van der Waals surface area contributed by atoms with E-state index in [-0.39, 0.29) is 0 Å². The van der Waals surface area contributed by atoms with E-state index in [9.17, 15) is 0 Å². The third-order valence-corrected chi connectivity index (χ3v) is 5.46. The summed E-state index contributed by atoms with van der Waals surface area (Å²) < 4.78 is 11.4. The first-order valence-corrected chi connectivity index (χ1v) is 12.4. The molecule has 0 spiro atoms. The fourth-order valence-corrected chi connectivity index (χ4v) is 4.11. The van der Waals surface area contributed by atoms with Crippen molar-refractivity contribution in [1.29, 1.82) is 0 Å². The summed E-state index contributed by atoms with van der Waals surface area (Å²) in [6, 6.07) is 8.69. The van der Waals surface area contributed by atoms with Crippen LogP contribution in [0.3, 0.4) is 0 Å². The number of H-pyrrole nitrogens is 2. The van der Waals surface area contributed by atoms with Gasteiger partial charge in [0, 0.05) is 11.4 Å². The first kappa shape index (κ1) is 24.2. The number of hydrogen-bond acceptors (Lipinski definition) is 12. The fraction of sp³-hybridized carbons (Fsp3) is 0.333. The van der Waals surface area contributed by atoms with Gasteiger partial charge in [-0.2, -0.15) is 19.9 Å². The molecule has 14 heteroatoms. The van der Waals surface area contributed by atoms with Crippen molar-refractivity contribution in [1.82, 2.24) is 29.9 Å². The van der Waals surface area contributed by atoms with Gasteiger partial charge in [-0.15, -0.1) is 0 Å². The molecule has 4 N–H and O–H groups in total. The first-order chi connectivity index (χ1) is 15.6. The van der Waals surface area contributed by atoms with E-state index in [0.717, 1.165) is 11.4 Å². The van der Waals surface area contributed by atoms with Crippen LogP contribution in [0.15, 0.2) is 34.6 Å². The molecule has 1 aromatic carbocycles. The van der Waals surface area contributed by atoms with Crippen LogP contribution in [-0.4, -0.2) is 54.9 Å². The summed E-state index contributed by atoms with van der Waals surface area (Å²) in [5.74, 6) is 1.17. The van der Waals surface area contributed by atoms with Gasteiger partial charge in [0.25, 0.3) is 12.0 Å². The van der Waals surface area contributed by atoms with E-state index in [1.54, 1.807) is 0 Å². The molecule has 0 aliphatic rings. The number of aromatic nitrogens is 6. The molecular weight excluding hydrogens is 489 g/mol. The summed E-state index contributed by atoms with van der Waals surface area (Å²) in [4.78, 5) is 22.6. The lowest BCUT2D eigenvalue weighted by Crippen LogP contribution is -2.04. The Morgan fingerprint density at radius 2 is 1.16 bits per heavy atom. The smallest absolute Gasteiger partial charge is 0.298 e. The Balaban J connectivity index is 1.45. The van der Waals surface area contributed by atoms with Crippen molar-refractivity contribution in [2.24, 2.45) is 0 Å². The van der Waals surface area contributed by atoms with Gasteiger partial charge in [-0.1, -0.05) is 23.5 Å². The lowest BCUT2D eigenvalue weighted by atomic mass is 10.3. The summed E-state index contributed by atoms with van der Waals surface area (Å²) >= 11 is 13.1. The molecule has 3 rings (SSSR count). The van der Waals surface area contributed by atoms with Crippen molar-refractivity contribution in [2.75, 3.05) is 35.6 Å². The molecule has 0 radical (unpaired) electrons. The summed E-state index contributed by atoms with van der Waals surface area (Å²) in [5.41, 5.74) is 1.95. The average Bonchev–Trinajstić information content (AvgIpc) is 2.75. The van der Waals surface area contributed by atoms with Crippen LogP contribution in [0.5, 0.6) is 12.0 Å². The molecule has 0 aliphatic heterocycles. The molecule has 170 valence electrons. The van der Waals surface area contributed by atoms with Crippen LogP contribution in [0.1, 0.15) is 13.8 Å². The molecule has 2 aromatic heterocycles. The molecule has 0 atom stereocenters. The van der Waals surface area contributed by atoms with Gasteiger partial charge in [0.2, 0.25) is 9.54 Å². The molecule has 0 bridgehead atoms. The van der Waals surface area contributed by atoms with Crippen molar-refractivity contribution in [2.45, 2.75) is 24.2 Å². The van der Waals surface area contributed by atoms with Crippen molar-refractivity contribution >= 4 is 59.3 Å². The van der Waals surface area contributed by atoms with E-state index in [2.05, 4.69) is 40.5 Å². The maximum absolute atomic E-state index is 5.35. The van der Waals surface area contributed by atoms with Crippen LogP contribution < -0.4 is 20.1 Å². The zero-order valence-corrected chi connectivity index (χ0v) is 20.6. The predicted octanol–water partition coefficient (Wildman–Crippen LogP) is 4.50. The van der Waals surface area contributed by atoms with Crippen LogP contribution in [0, 0.1) is 9.54 Å². The van der Waals surface area contributed by atoms with E-state index in [1.807, 2.05) is 38.1 Å². The van der Waals surface area contributed by atoms with Crippen molar-refractivity contribution in [3.8, 4) is 12.0 Å². The number of aromatic amines is 2. The highest BCUT2D eigenvalue weighted by Gasteiger charge is 2.04. The molecule has 10 nitrogen and oxygen atoms in total. The monoisotopic (exact) mass is 510 g/mol. The van der Waals surface area contributed by atoms with Gasteiger partial charge in [0.1, 0.15) is 0 Å². The van der Waals surface area contributed by atoms with E-state index >= 15 is 0 Å². The van der Waals surface area contributed by atoms with Gasteiger partial charge in [-0.3, -0.25) is 9.97 Å². The van der Waals surface area contributed by atoms with E-state index in [1.165, 1.54) is 23.5 Å². The third kappa shape index (κ3) is 7.93. The summed E-state index contributed by atoms with van der Waals surface area (Å²) in [6.45, 7) is 4.77. The van der Waals surface area contributed by atoms with Crippen molar-refractivity contribution in [3.05, 3.63) is 33.8 Å². The summed E-state index contributed by atoms with van der Waals surface area (Å²) in [7, 11) is 0. The van der Waals surface area contributed by atoms with Gasteiger partial charge in [0.15, 0.2) is 10.3 Å². The average molecular weight is 511 g/mol. The Hall–Kier alpha value is -2.42. The Kier molecular flexibility index (Phi) is 9.52. The predicted molar refractivity (Wildman–Crippen MR) is 132 cm³/mol. The minimum atomic E-state index is 0.344. The minimum Gasteiger partial charge on any atom is -0.465 e. The second kappa shape index (κ2) is 12.6. The number of ether oxygens (including phenoxy) is 2. The lowest BCUT2D eigenvalue weighted by molar-refractivity contribution is 0.306. The van der Waals surface area contributed by atoms with Gasteiger partial charge >= 0.3 is 0 Å². The van der Waals surface area contributed by atoms with Gasteiger partial charge in [-0.25, -0.2) is 0 Å². The number of nitrogens with one attached hydrogen (secondary N) is 4. The van der Waals surface area contributed by atoms with E-state index in [4.69, 9.17) is 33.9 Å². The molecule has 3 aromatic rings. The molecule has 2 heterocycles. The Labute approximate surface area is 203 Å². The molecule has 32 heavy (non-hydrogen) atoms. The fourth-order valence-electron chi connectivity index (χ4n) is 2.31. The van der Waals surface area contributed by atoms with Crippen LogP contribution in [0.2, 0.25) is 0 Å². The van der Waals surface area contributed by atoms with Crippen LogP contribution >= 0.6 is 48.0 Å². The third-order valence-electron chi connectivity index (χ3n) is 3.62. The standard InChI is InChI=1S/C18H22N8O2S4/c1-3-27-13-21-15(29)25-17(23-13)31-9-19-11-5-7-12(8-6-11)20-10-32-18-24-14(28-4-2)22-16(30)26-18/h5-8,19-20H,3-4,9-10H2,1-2H3,(H,21,23,25,29)(H,22,24,26,30). The van der Waals surface area contributed by atoms with Crippen LogP contribution in [0.25, 0.3) is 0 Å². The number of thioether (sulfide) groups is 2. The molecule has 0 aliphatic carbocycles. The quantitative estimate of drug-likeness (QED) is 0.156. The van der Waals surface area contributed by atoms with E-state index < -0.39 is 0 Å². The van der Waals surface area contributed by atoms with E-state index in [0.29, 0.717) is 56.8 Å². The largest absolute Gasteiger partial charge is 0.465 e. The van der Waals surface area contributed by atoms with Crippen LogP contribution in [-0.2, 0) is 0 Å². The number of nitrogens with zero attached hydrogens (tertiary/aromatic N) is 4. The molecule has 0 saturated heterocycles. The van der Waals surface area contributed by atoms with Crippen molar-refractivity contribution in [3.63, 3.8) is 0 Å². The molecule has 0 fully saturated rings. The molecule has 0 amide bonds. The number of anilines is 2. The van der Waals surface area contributed by atoms with Crippen molar-refractivity contribution < 1.29 is 9.47 Å². The highest BCUT2D eigenvalue weighted by Crippen LogP contribution is 2.20. The number of hydrogen-bond donors (Lipinski definition) is 4. The number of rotatable bonds is 12. The molecule has 0 saturated carbocycles. The lowest BCUT2D eigenvalue weighted by Gasteiger charge is -2.09. The van der Waals surface area contributed by atoms with Crippen LogP contribution in [0.4, 0.5) is 11.4 Å². The Bertz CT molecular complexity index is 1030. The summed E-state index contributed by atoms with van der Waals surface area (Å²) in [5, 5.41) is 7.73. The van der Waals surface area contributed by atoms with Gasteiger partial charge in [0.05, 0.1) is 25.0 Å². The maximum Gasteiger partial charge on any atom is 0.298 e. The topological polar surface area (TPSA) is 126 Å². The minimum absolute atomic E-state index is 0.344. The summed E-state index contributed by atoms with van der Waals surface area (Å²) in [6.07, 6.45) is 0. The van der Waals surface area contributed by atoms with Gasteiger partial charge in [-0.05, 0) is 62.5 Å². The maximum atomic E-state index is 5.35. The highest BCUT2D eigenvalue weighted by molar-refractivity contribution is 7.99. The van der Waals surface area contributed by atoms with Gasteiger partial charge < -0.3 is 20.1 Å². The second-order valence-electron chi connectivity index (χ2n) is 5.86. The number of benzene rings is 1. The molecule has 0 unspecified atom stereocenters. The SMILES string of the molecule is CCOc1nc(SCNc2ccc(NCSc3nc(OCC)[nH]c(=S)n3)cc2)nc(=S)[nH]1. The zero-order valence-electron chi connectivity index (χ0n) is 17.4. The normalized spacial score (nSPS) is 10.6. The highest BCUT2D eigenvalue weighted by atomic mass is 32.2. The first-order valence-electron chi connectivity index (χ1n) is 9.61. The Morgan fingerprint density at radius 1 is 0.750 bits per heavy atom.